The Hall–Kier alpha value is -4.54. The first-order valence-electron chi connectivity index (χ1n) is 31.9. The van der Waals surface area contributed by atoms with Crippen LogP contribution in [0.4, 0.5) is 0 Å². The molecule has 0 aliphatic carbocycles. The highest BCUT2D eigenvalue weighted by Gasteiger charge is 2.64. The van der Waals surface area contributed by atoms with Crippen molar-refractivity contribution in [3.63, 3.8) is 0 Å². The van der Waals surface area contributed by atoms with Gasteiger partial charge in [0.25, 0.3) is 11.6 Å². The summed E-state index contributed by atoms with van der Waals surface area (Å²) in [5.41, 5.74) is 0. The molecular weight excluding hydrogens is 1400 g/mol. The molecule has 7 heterocycles. The van der Waals surface area contributed by atoms with E-state index in [1.807, 2.05) is 0 Å². The zero-order valence-corrected chi connectivity index (χ0v) is 54.6. The number of ether oxygens (including phenoxy) is 13. The summed E-state index contributed by atoms with van der Waals surface area (Å²) in [5, 5.41) is 260. The smallest absolute Gasteiger partial charge is 0.364 e. The van der Waals surface area contributed by atoms with Gasteiger partial charge >= 0.3 is 11.9 Å². The van der Waals surface area contributed by atoms with Crippen LogP contribution in [-0.2, 0) is 90.3 Å². The lowest BCUT2D eigenvalue weighted by molar-refractivity contribution is -0.388. The van der Waals surface area contributed by atoms with Crippen molar-refractivity contribution in [2.45, 2.75) is 266 Å². The molecule has 27 N–H and O–H groups in total. The van der Waals surface area contributed by atoms with Gasteiger partial charge in [0.1, 0.15) is 159 Å². The molecule has 102 heavy (non-hydrogen) atoms. The SMILES string of the molecule is CC(=O)N[C@H]1[C@H](OC[C@H]2O[C@H](O)[C@@H](O[C@@H]3O[C@H](CO)[C@@H](O[C@@H]4O[C@H](CO)[C@H](O)[C@H](O[C@]5(C(=O)O)C[C@H](O)[C@@H](NC(C)=O)[C@H]([C@H](O)[C@H](O)CO)O5)[C@H]4O)[C@H](O)[C@H]3NC(C)=O)[C@@H](O)[C@@H]2O)O[C@H](CO)[C@@H](O[C@@H]2O[C@H](CO)[C@H](O)[C@H](O[C@]3(C(=O)O)C[C@H](O)[C@@H](NC(C)=O)[C@H]([C@H](O)[C@H](O)CO)O3)[C@H]2O)[C@@H]1O. The standard InChI is InChI=1S/C56H92N4O42/c1-14(67)57-27-18(71)5-55(53(86)87,99-43(27)31(75)20(73)7-61)101-45-34(78)22(9-63)92-51(39(45)83)96-41-24(11-65)94-49(29(36(41)80)59-16(3)69)90-13-26-33(77)38(82)47(48(85)91-26)98-50-30(60-17(4)70)37(81)42(25(12-66)95-50)97-52-40(84)46(35(79)23(10-64)93-52)102-56(54(88)89)6-19(72)28(58-15(2)68)44(100-56)32(76)21(74)8-62/h18-52,61-66,71-85H,5-13H2,1-4H3,(H,57,67)(H,58,68)(H,59,69)(H,60,70)(H,86,87)(H,88,89)/t18-,19-,20+,21+,22+,23+,24+,25+,26+,27+,28+,29+,30+,31+,32+,33+,34-,35-,36+,37+,38-,39+,40+,41+,42+,43+,44+,45-,46-,47-,48-,49+,50-,51-,52-,55-,56-/m0/s1. The third-order valence-electron chi connectivity index (χ3n) is 18.1. The van der Waals surface area contributed by atoms with Crippen LogP contribution in [0, 0.1) is 0 Å². The summed E-state index contributed by atoms with van der Waals surface area (Å²) < 4.78 is 74.4. The largest absolute Gasteiger partial charge is 0.477 e. The van der Waals surface area contributed by atoms with Crippen LogP contribution in [0.1, 0.15) is 40.5 Å². The van der Waals surface area contributed by atoms with Crippen molar-refractivity contribution in [2.24, 2.45) is 0 Å². The van der Waals surface area contributed by atoms with Gasteiger partial charge in [-0.2, -0.15) is 0 Å². The van der Waals surface area contributed by atoms with E-state index in [1.165, 1.54) is 0 Å². The Kier molecular flexibility index (Phi) is 29.8. The number of hydrogen-bond donors (Lipinski definition) is 27. The van der Waals surface area contributed by atoms with E-state index in [0.717, 1.165) is 27.7 Å². The maximum atomic E-state index is 13.1. The quantitative estimate of drug-likeness (QED) is 0.0331. The van der Waals surface area contributed by atoms with Crippen LogP contribution in [-0.4, -0.2) is 425 Å². The third-order valence-corrected chi connectivity index (χ3v) is 18.1. The maximum Gasteiger partial charge on any atom is 0.364 e. The second-order valence-corrected chi connectivity index (χ2v) is 25.4. The second kappa shape index (κ2) is 35.9. The van der Waals surface area contributed by atoms with Gasteiger partial charge in [-0.05, 0) is 0 Å². The van der Waals surface area contributed by atoms with Crippen LogP contribution in [0.2, 0.25) is 0 Å². The highest BCUT2D eigenvalue weighted by atomic mass is 16.8. The van der Waals surface area contributed by atoms with Crippen molar-refractivity contribution >= 4 is 35.6 Å². The third kappa shape index (κ3) is 18.5. The fourth-order valence-electron chi connectivity index (χ4n) is 12.9. The van der Waals surface area contributed by atoms with Gasteiger partial charge in [0.15, 0.2) is 31.5 Å². The lowest BCUT2D eigenvalue weighted by Crippen LogP contribution is -2.71. The minimum atomic E-state index is -3.23. The molecule has 7 fully saturated rings. The van der Waals surface area contributed by atoms with E-state index in [9.17, 15) is 146 Å². The van der Waals surface area contributed by atoms with Gasteiger partial charge in [0, 0.05) is 40.5 Å². The van der Waals surface area contributed by atoms with Crippen molar-refractivity contribution in [3.8, 4) is 0 Å². The Bertz CT molecular complexity index is 2770. The molecule has 0 saturated carbocycles. The molecule has 0 aromatic heterocycles. The molecule has 0 aromatic carbocycles. The summed E-state index contributed by atoms with van der Waals surface area (Å²) >= 11 is 0. The van der Waals surface area contributed by atoms with Crippen molar-refractivity contribution < 1.29 is 208 Å². The first-order chi connectivity index (χ1) is 47.9. The Balaban J connectivity index is 1.04. The first-order valence-corrected chi connectivity index (χ1v) is 31.9. The van der Waals surface area contributed by atoms with E-state index in [4.69, 9.17) is 61.6 Å². The number of carbonyl (C=O) groups is 6. The minimum absolute atomic E-state index is 0.843. The van der Waals surface area contributed by atoms with Crippen LogP contribution in [0.25, 0.3) is 0 Å². The number of amides is 4. The molecule has 588 valence electrons. The van der Waals surface area contributed by atoms with Crippen molar-refractivity contribution in [2.75, 3.05) is 46.2 Å². The zero-order chi connectivity index (χ0) is 76.1. The Morgan fingerprint density at radius 3 is 1.10 bits per heavy atom. The van der Waals surface area contributed by atoms with Gasteiger partial charge in [0.2, 0.25) is 23.6 Å². The second-order valence-electron chi connectivity index (χ2n) is 25.4. The number of carbonyl (C=O) groups excluding carboxylic acids is 4. The molecule has 7 aliphatic rings. The predicted molar refractivity (Wildman–Crippen MR) is 313 cm³/mol. The summed E-state index contributed by atoms with van der Waals surface area (Å²) in [5.74, 6) is -14.2. The van der Waals surface area contributed by atoms with E-state index >= 15 is 0 Å². The summed E-state index contributed by atoms with van der Waals surface area (Å²) in [6, 6.07) is -7.12. The van der Waals surface area contributed by atoms with Gasteiger partial charge in [0.05, 0.1) is 70.5 Å². The van der Waals surface area contributed by atoms with Crippen LogP contribution in [0.5, 0.6) is 0 Å². The summed E-state index contributed by atoms with van der Waals surface area (Å²) in [4.78, 5) is 75.7. The molecule has 7 saturated heterocycles. The van der Waals surface area contributed by atoms with E-state index in [1.54, 1.807) is 0 Å². The molecule has 46 heteroatoms. The molecule has 0 unspecified atom stereocenters. The van der Waals surface area contributed by atoms with Crippen molar-refractivity contribution in [1.82, 2.24) is 21.3 Å². The highest BCUT2D eigenvalue weighted by Crippen LogP contribution is 2.42. The van der Waals surface area contributed by atoms with Gasteiger partial charge < -0.3 is 200 Å². The lowest BCUT2D eigenvalue weighted by atomic mass is 9.88. The molecule has 37 atom stereocenters. The molecule has 4 amide bonds. The van der Waals surface area contributed by atoms with E-state index in [0.29, 0.717) is 0 Å². The monoisotopic (exact) mass is 1490 g/mol. The van der Waals surface area contributed by atoms with Crippen LogP contribution >= 0.6 is 0 Å². The van der Waals surface area contributed by atoms with Gasteiger partial charge in [-0.15, -0.1) is 0 Å². The number of rotatable bonds is 29. The predicted octanol–water partition coefficient (Wildman–Crippen LogP) is -17.3. The molecule has 7 rings (SSSR count). The number of aliphatic hydroxyl groups excluding tert-OH is 21. The average Bonchev–Trinajstić information content (AvgIpc) is 0.760. The number of nitrogens with one attached hydrogen (secondary N) is 4. The number of carboxylic acid groups (broad SMARTS) is 2. The van der Waals surface area contributed by atoms with Crippen molar-refractivity contribution in [1.29, 1.82) is 0 Å². The van der Waals surface area contributed by atoms with Crippen LogP contribution < -0.4 is 21.3 Å². The van der Waals surface area contributed by atoms with E-state index < -0.39 is 321 Å². The van der Waals surface area contributed by atoms with E-state index in [-0.39, 0.29) is 0 Å². The first kappa shape index (κ1) is 84.7. The number of aliphatic carboxylic acids is 2. The van der Waals surface area contributed by atoms with Gasteiger partial charge in [-0.3, -0.25) is 19.2 Å². The normalized spacial score (nSPS) is 44.6. The summed E-state index contributed by atoms with van der Waals surface area (Å²) in [6.45, 7) is -4.08. The topological polar surface area (TPSA) is 736 Å². The zero-order valence-electron chi connectivity index (χ0n) is 54.6. The van der Waals surface area contributed by atoms with Gasteiger partial charge in [-0.1, -0.05) is 0 Å². The lowest BCUT2D eigenvalue weighted by Gasteiger charge is -2.51. The summed E-state index contributed by atoms with van der Waals surface area (Å²) in [7, 11) is 0. The molecule has 0 radical (unpaired) electrons. The van der Waals surface area contributed by atoms with E-state index in [2.05, 4.69) is 21.3 Å². The average molecular weight is 1490 g/mol. The number of carboxylic acids is 2. The molecule has 46 nitrogen and oxygen atoms in total. The molecule has 0 aromatic rings. The molecular formula is C56H92N4O42. The minimum Gasteiger partial charge on any atom is -0.477 e. The van der Waals surface area contributed by atoms with Crippen molar-refractivity contribution in [3.05, 3.63) is 0 Å². The summed E-state index contributed by atoms with van der Waals surface area (Å²) in [6.07, 6.45) is -68.6. The number of aliphatic hydroxyl groups is 21. The Morgan fingerprint density at radius 2 is 0.745 bits per heavy atom. The van der Waals surface area contributed by atoms with Crippen LogP contribution in [0.3, 0.4) is 0 Å². The Labute approximate surface area is 576 Å². The fourth-order valence-corrected chi connectivity index (χ4v) is 12.9. The molecule has 0 spiro atoms. The molecule has 7 aliphatic heterocycles. The maximum absolute atomic E-state index is 13.1. The molecule has 0 bridgehead atoms. The number of hydrogen-bond acceptors (Lipinski definition) is 40. The van der Waals surface area contributed by atoms with Crippen LogP contribution in [0.15, 0.2) is 0 Å². The highest BCUT2D eigenvalue weighted by molar-refractivity contribution is 5.78. The van der Waals surface area contributed by atoms with Gasteiger partial charge in [-0.25, -0.2) is 9.59 Å². The fraction of sp³-hybridized carbons (Fsp3) is 0.893. The Morgan fingerprint density at radius 1 is 0.402 bits per heavy atom.